The molecule has 0 aromatic heterocycles. The van der Waals surface area contributed by atoms with E-state index in [9.17, 15) is 0 Å². The average Bonchev–Trinajstić information content (AvgIpc) is 2.36. The summed E-state index contributed by atoms with van der Waals surface area (Å²) in [6.45, 7) is 11.6. The van der Waals surface area contributed by atoms with Crippen molar-refractivity contribution in [3.63, 3.8) is 0 Å². The molecular formula is C19H31N. The van der Waals surface area contributed by atoms with Gasteiger partial charge in [-0.2, -0.15) is 0 Å². The van der Waals surface area contributed by atoms with Crippen molar-refractivity contribution >= 4 is 0 Å². The molecule has 0 saturated heterocycles. The molecule has 0 bridgehead atoms. The summed E-state index contributed by atoms with van der Waals surface area (Å²) in [4.78, 5) is 0. The Balaban J connectivity index is 1.98. The van der Waals surface area contributed by atoms with Crippen molar-refractivity contribution in [1.82, 2.24) is 5.32 Å². The minimum absolute atomic E-state index is 0.645. The molecule has 0 radical (unpaired) electrons. The van der Waals surface area contributed by atoms with Crippen LogP contribution >= 0.6 is 0 Å². The Morgan fingerprint density at radius 1 is 1.05 bits per heavy atom. The van der Waals surface area contributed by atoms with E-state index in [0.717, 1.165) is 24.9 Å². The van der Waals surface area contributed by atoms with E-state index in [-0.39, 0.29) is 0 Å². The van der Waals surface area contributed by atoms with E-state index in [1.54, 1.807) is 11.1 Å². The molecule has 1 nitrogen and oxygen atoms in total. The van der Waals surface area contributed by atoms with Gasteiger partial charge in [-0.05, 0) is 60.7 Å². The largest absolute Gasteiger partial charge is 0.316 e. The molecule has 0 heterocycles. The molecule has 2 rings (SSSR count). The Hall–Kier alpha value is -0.820. The van der Waals surface area contributed by atoms with E-state index in [1.807, 2.05) is 0 Å². The SMILES string of the molecule is CC(C)CNCC(C)C(C)c1ccccc1C1CCC1. The lowest BCUT2D eigenvalue weighted by molar-refractivity contribution is 0.399. The van der Waals surface area contributed by atoms with Crippen LogP contribution in [0.15, 0.2) is 24.3 Å². The average molecular weight is 273 g/mol. The predicted octanol–water partition coefficient (Wildman–Crippen LogP) is 4.94. The van der Waals surface area contributed by atoms with Gasteiger partial charge in [-0.25, -0.2) is 0 Å². The van der Waals surface area contributed by atoms with Crippen molar-refractivity contribution < 1.29 is 0 Å². The van der Waals surface area contributed by atoms with Gasteiger partial charge in [0.1, 0.15) is 0 Å². The third kappa shape index (κ3) is 3.85. The zero-order valence-electron chi connectivity index (χ0n) is 13.7. The molecule has 2 unspecified atom stereocenters. The van der Waals surface area contributed by atoms with Crippen LogP contribution in [-0.4, -0.2) is 13.1 Å². The molecule has 1 aromatic rings. The Morgan fingerprint density at radius 3 is 2.35 bits per heavy atom. The smallest absolute Gasteiger partial charge is 0.00173 e. The van der Waals surface area contributed by atoms with Gasteiger partial charge in [0.2, 0.25) is 0 Å². The van der Waals surface area contributed by atoms with Crippen molar-refractivity contribution in [1.29, 1.82) is 0 Å². The Morgan fingerprint density at radius 2 is 1.75 bits per heavy atom. The molecular weight excluding hydrogens is 242 g/mol. The van der Waals surface area contributed by atoms with E-state index in [1.165, 1.54) is 19.3 Å². The minimum Gasteiger partial charge on any atom is -0.316 e. The highest BCUT2D eigenvalue weighted by atomic mass is 14.9. The van der Waals surface area contributed by atoms with Crippen molar-refractivity contribution in [3.8, 4) is 0 Å². The van der Waals surface area contributed by atoms with Crippen molar-refractivity contribution in [3.05, 3.63) is 35.4 Å². The van der Waals surface area contributed by atoms with Crippen LogP contribution in [-0.2, 0) is 0 Å². The first-order valence-electron chi connectivity index (χ1n) is 8.39. The van der Waals surface area contributed by atoms with Gasteiger partial charge in [-0.3, -0.25) is 0 Å². The quantitative estimate of drug-likeness (QED) is 0.742. The normalized spacial score (nSPS) is 18.9. The van der Waals surface area contributed by atoms with Crippen LogP contribution in [0.5, 0.6) is 0 Å². The maximum Gasteiger partial charge on any atom is -0.00173 e. The fourth-order valence-corrected chi connectivity index (χ4v) is 3.10. The Bertz CT molecular complexity index is 406. The van der Waals surface area contributed by atoms with Gasteiger partial charge in [0.25, 0.3) is 0 Å². The Kier molecular flexibility index (Phi) is 5.65. The van der Waals surface area contributed by atoms with E-state index in [2.05, 4.69) is 57.3 Å². The summed E-state index contributed by atoms with van der Waals surface area (Å²) >= 11 is 0. The van der Waals surface area contributed by atoms with Crippen LogP contribution in [0.2, 0.25) is 0 Å². The van der Waals surface area contributed by atoms with E-state index in [4.69, 9.17) is 0 Å². The molecule has 2 atom stereocenters. The maximum absolute atomic E-state index is 3.61. The maximum atomic E-state index is 3.61. The summed E-state index contributed by atoms with van der Waals surface area (Å²) < 4.78 is 0. The lowest BCUT2D eigenvalue weighted by Gasteiger charge is -2.31. The fourth-order valence-electron chi connectivity index (χ4n) is 3.10. The molecule has 112 valence electrons. The molecule has 1 saturated carbocycles. The molecule has 20 heavy (non-hydrogen) atoms. The van der Waals surface area contributed by atoms with Crippen LogP contribution in [0.3, 0.4) is 0 Å². The number of benzene rings is 1. The second-order valence-corrected chi connectivity index (χ2v) is 7.07. The van der Waals surface area contributed by atoms with Gasteiger partial charge in [-0.1, -0.05) is 58.4 Å². The lowest BCUT2D eigenvalue weighted by atomic mass is 9.74. The molecule has 1 aromatic carbocycles. The van der Waals surface area contributed by atoms with Crippen LogP contribution in [0.4, 0.5) is 0 Å². The van der Waals surface area contributed by atoms with Gasteiger partial charge >= 0.3 is 0 Å². The first kappa shape index (κ1) is 15.6. The number of rotatable bonds is 7. The number of hydrogen-bond donors (Lipinski definition) is 1. The highest BCUT2D eigenvalue weighted by Crippen LogP contribution is 2.40. The second-order valence-electron chi connectivity index (χ2n) is 7.07. The summed E-state index contributed by atoms with van der Waals surface area (Å²) in [6.07, 6.45) is 4.20. The van der Waals surface area contributed by atoms with E-state index >= 15 is 0 Å². The topological polar surface area (TPSA) is 12.0 Å². The third-order valence-corrected chi connectivity index (χ3v) is 4.90. The van der Waals surface area contributed by atoms with Crippen LogP contribution in [0.1, 0.15) is 69.9 Å². The molecule has 0 amide bonds. The van der Waals surface area contributed by atoms with Gasteiger partial charge < -0.3 is 5.32 Å². The van der Waals surface area contributed by atoms with Gasteiger partial charge in [-0.15, -0.1) is 0 Å². The van der Waals surface area contributed by atoms with Gasteiger partial charge in [0.05, 0.1) is 0 Å². The fraction of sp³-hybridized carbons (Fsp3) is 0.684. The minimum atomic E-state index is 0.645. The summed E-state index contributed by atoms with van der Waals surface area (Å²) in [5, 5.41) is 3.61. The Labute approximate surface area is 125 Å². The van der Waals surface area contributed by atoms with Gasteiger partial charge in [0.15, 0.2) is 0 Å². The summed E-state index contributed by atoms with van der Waals surface area (Å²) in [5.74, 6) is 2.91. The van der Waals surface area contributed by atoms with Crippen LogP contribution in [0.25, 0.3) is 0 Å². The molecule has 1 heteroatoms. The summed E-state index contributed by atoms with van der Waals surface area (Å²) in [6, 6.07) is 9.15. The molecule has 0 aliphatic heterocycles. The molecule has 1 aliphatic carbocycles. The van der Waals surface area contributed by atoms with E-state index in [0.29, 0.717) is 11.8 Å². The highest BCUT2D eigenvalue weighted by molar-refractivity contribution is 5.34. The first-order chi connectivity index (χ1) is 9.59. The highest BCUT2D eigenvalue weighted by Gasteiger charge is 2.25. The number of nitrogens with one attached hydrogen (secondary N) is 1. The molecule has 1 N–H and O–H groups in total. The van der Waals surface area contributed by atoms with Gasteiger partial charge in [0, 0.05) is 0 Å². The standard InChI is InChI=1S/C19H31N/c1-14(2)12-20-13-15(3)16(4)18-10-5-6-11-19(18)17-8-7-9-17/h5-6,10-11,14-17,20H,7-9,12-13H2,1-4H3. The van der Waals surface area contributed by atoms with Crippen LogP contribution in [0, 0.1) is 11.8 Å². The first-order valence-corrected chi connectivity index (χ1v) is 8.39. The van der Waals surface area contributed by atoms with Crippen molar-refractivity contribution in [2.75, 3.05) is 13.1 Å². The predicted molar refractivity (Wildman–Crippen MR) is 88.3 cm³/mol. The third-order valence-electron chi connectivity index (χ3n) is 4.90. The van der Waals surface area contributed by atoms with E-state index < -0.39 is 0 Å². The lowest BCUT2D eigenvalue weighted by Crippen LogP contribution is -2.28. The zero-order valence-corrected chi connectivity index (χ0v) is 13.7. The van der Waals surface area contributed by atoms with Crippen molar-refractivity contribution in [2.45, 2.75) is 58.8 Å². The molecule has 1 fully saturated rings. The summed E-state index contributed by atoms with van der Waals surface area (Å²) in [5.41, 5.74) is 3.22. The molecule has 0 spiro atoms. The molecule has 1 aliphatic rings. The van der Waals surface area contributed by atoms with Crippen LogP contribution < -0.4 is 5.32 Å². The summed E-state index contributed by atoms with van der Waals surface area (Å²) in [7, 11) is 0. The zero-order chi connectivity index (χ0) is 14.5. The number of hydrogen-bond acceptors (Lipinski definition) is 1. The second kappa shape index (κ2) is 7.26. The monoisotopic (exact) mass is 273 g/mol. The van der Waals surface area contributed by atoms with Crippen molar-refractivity contribution in [2.24, 2.45) is 11.8 Å².